The third-order valence-corrected chi connectivity index (χ3v) is 5.69. The molecule has 25 heavy (non-hydrogen) atoms. The molecule has 2 aromatic carbocycles. The van der Waals surface area contributed by atoms with Crippen molar-refractivity contribution in [2.45, 2.75) is 5.37 Å². The number of hydrogen-bond acceptors (Lipinski definition) is 4. The van der Waals surface area contributed by atoms with Crippen molar-refractivity contribution in [2.75, 3.05) is 12.3 Å². The minimum atomic E-state index is -0.601. The highest BCUT2D eigenvalue weighted by Gasteiger charge is 2.32. The number of halogens is 1. The van der Waals surface area contributed by atoms with Crippen LogP contribution in [0.15, 0.2) is 63.8 Å². The van der Waals surface area contributed by atoms with Gasteiger partial charge in [-0.05, 0) is 29.8 Å². The quantitative estimate of drug-likeness (QED) is 0.629. The lowest BCUT2D eigenvalue weighted by Gasteiger charge is -2.24. The highest BCUT2D eigenvalue weighted by Crippen LogP contribution is 2.38. The van der Waals surface area contributed by atoms with E-state index < -0.39 is 5.63 Å². The Morgan fingerprint density at radius 1 is 1.16 bits per heavy atom. The summed E-state index contributed by atoms with van der Waals surface area (Å²) in [6.45, 7) is 0.586. The van der Waals surface area contributed by atoms with Gasteiger partial charge in [0.25, 0.3) is 5.91 Å². The molecule has 6 heteroatoms. The smallest absolute Gasteiger partial charge is 0.349 e. The van der Waals surface area contributed by atoms with Gasteiger partial charge in [-0.15, -0.1) is 11.8 Å². The Morgan fingerprint density at radius 3 is 2.72 bits per heavy atom. The molecule has 0 radical (unpaired) electrons. The van der Waals surface area contributed by atoms with Crippen molar-refractivity contribution in [3.05, 3.63) is 81.2 Å². The molecule has 1 saturated heterocycles. The number of thioether (sulfide) groups is 1. The second kappa shape index (κ2) is 6.58. The molecule has 4 nitrogen and oxygen atoms in total. The molecule has 0 N–H and O–H groups in total. The summed E-state index contributed by atoms with van der Waals surface area (Å²) in [4.78, 5) is 27.0. The molecule has 0 saturated carbocycles. The normalized spacial score (nSPS) is 17.2. The van der Waals surface area contributed by atoms with Crippen molar-refractivity contribution in [1.29, 1.82) is 0 Å². The molecule has 1 amide bonds. The van der Waals surface area contributed by atoms with Crippen molar-refractivity contribution in [3.63, 3.8) is 0 Å². The van der Waals surface area contributed by atoms with Gasteiger partial charge in [0, 0.05) is 22.7 Å². The standard InChI is InChI=1S/C19H14ClNO3S/c20-14-7-5-12(6-8-14)18-21(9-10-25-18)17(22)15-11-13-3-1-2-4-16(13)24-19(15)23/h1-8,11,18H,9-10H2/t18-/m1/s1. The van der Waals surface area contributed by atoms with Gasteiger partial charge < -0.3 is 9.32 Å². The summed E-state index contributed by atoms with van der Waals surface area (Å²) in [5, 5.41) is 1.26. The minimum Gasteiger partial charge on any atom is -0.422 e. The molecule has 1 aromatic heterocycles. The molecule has 1 atom stereocenters. The lowest BCUT2D eigenvalue weighted by Crippen LogP contribution is -2.33. The second-order valence-corrected chi connectivity index (χ2v) is 7.38. The lowest BCUT2D eigenvalue weighted by molar-refractivity contribution is 0.0756. The van der Waals surface area contributed by atoms with Crippen LogP contribution in [0.3, 0.4) is 0 Å². The first-order chi connectivity index (χ1) is 12.1. The Balaban J connectivity index is 1.71. The first-order valence-electron chi connectivity index (χ1n) is 7.84. The molecular formula is C19H14ClNO3S. The van der Waals surface area contributed by atoms with E-state index in [0.29, 0.717) is 17.2 Å². The van der Waals surface area contributed by atoms with Crippen LogP contribution in [0.2, 0.25) is 5.02 Å². The highest BCUT2D eigenvalue weighted by atomic mass is 35.5. The van der Waals surface area contributed by atoms with Gasteiger partial charge >= 0.3 is 5.63 Å². The van der Waals surface area contributed by atoms with Crippen LogP contribution in [0.5, 0.6) is 0 Å². The van der Waals surface area contributed by atoms with Gasteiger partial charge in [0.1, 0.15) is 16.5 Å². The minimum absolute atomic E-state index is 0.0696. The van der Waals surface area contributed by atoms with Crippen LogP contribution >= 0.6 is 23.4 Å². The van der Waals surface area contributed by atoms with Gasteiger partial charge in [0.2, 0.25) is 0 Å². The predicted octanol–water partition coefficient (Wildman–Crippen LogP) is 4.33. The average molecular weight is 372 g/mol. The van der Waals surface area contributed by atoms with Crippen molar-refractivity contribution in [3.8, 4) is 0 Å². The SMILES string of the molecule is O=C(c1cc2ccccc2oc1=O)N1CCS[C@@H]1c1ccc(Cl)cc1. The Labute approximate surface area is 153 Å². The zero-order valence-electron chi connectivity index (χ0n) is 13.1. The van der Waals surface area contributed by atoms with E-state index in [1.54, 1.807) is 34.9 Å². The molecule has 4 rings (SSSR count). The van der Waals surface area contributed by atoms with Crippen molar-refractivity contribution in [1.82, 2.24) is 4.90 Å². The van der Waals surface area contributed by atoms with Crippen LogP contribution in [0.25, 0.3) is 11.0 Å². The van der Waals surface area contributed by atoms with Crippen molar-refractivity contribution in [2.24, 2.45) is 0 Å². The summed E-state index contributed by atoms with van der Waals surface area (Å²) in [6.07, 6.45) is 0. The molecule has 1 fully saturated rings. The number of para-hydroxylation sites is 1. The first kappa shape index (κ1) is 16.2. The van der Waals surface area contributed by atoms with Crippen molar-refractivity contribution < 1.29 is 9.21 Å². The van der Waals surface area contributed by atoms with E-state index in [9.17, 15) is 9.59 Å². The van der Waals surface area contributed by atoms with Crippen LogP contribution in [-0.4, -0.2) is 23.1 Å². The largest absolute Gasteiger partial charge is 0.422 e. The molecule has 0 spiro atoms. The fourth-order valence-electron chi connectivity index (χ4n) is 2.95. The first-order valence-corrected chi connectivity index (χ1v) is 9.27. The number of rotatable bonds is 2. The van der Waals surface area contributed by atoms with E-state index in [0.717, 1.165) is 16.7 Å². The molecule has 0 bridgehead atoms. The van der Waals surface area contributed by atoms with E-state index in [4.69, 9.17) is 16.0 Å². The van der Waals surface area contributed by atoms with Crippen molar-refractivity contribution >= 4 is 40.2 Å². The molecule has 1 aliphatic heterocycles. The van der Waals surface area contributed by atoms with Gasteiger partial charge in [0.05, 0.1) is 0 Å². The number of nitrogens with zero attached hydrogens (tertiary/aromatic N) is 1. The van der Waals surface area contributed by atoms with Gasteiger partial charge in [-0.2, -0.15) is 0 Å². The number of fused-ring (bicyclic) bond motifs is 1. The van der Waals surface area contributed by atoms with Crippen LogP contribution in [0, 0.1) is 0 Å². The third-order valence-electron chi connectivity index (χ3n) is 4.18. The van der Waals surface area contributed by atoms with E-state index in [-0.39, 0.29) is 16.8 Å². The fraction of sp³-hybridized carbons (Fsp3) is 0.158. The van der Waals surface area contributed by atoms with E-state index in [2.05, 4.69) is 0 Å². The predicted molar refractivity (Wildman–Crippen MR) is 100 cm³/mol. The molecule has 0 aliphatic carbocycles. The van der Waals surface area contributed by atoms with Crippen LogP contribution in [-0.2, 0) is 0 Å². The maximum Gasteiger partial charge on any atom is 0.349 e. The molecular weight excluding hydrogens is 358 g/mol. The maximum absolute atomic E-state index is 13.0. The maximum atomic E-state index is 13.0. The third kappa shape index (κ3) is 3.05. The summed E-state index contributed by atoms with van der Waals surface area (Å²) in [5.74, 6) is 0.516. The van der Waals surface area contributed by atoms with E-state index >= 15 is 0 Å². The Bertz CT molecular complexity index is 999. The van der Waals surface area contributed by atoms with E-state index in [1.807, 2.05) is 36.4 Å². The molecule has 126 valence electrons. The molecule has 0 unspecified atom stereocenters. The zero-order chi connectivity index (χ0) is 17.4. The van der Waals surface area contributed by atoms with Gasteiger partial charge in [-0.1, -0.05) is 41.9 Å². The summed E-state index contributed by atoms with van der Waals surface area (Å²) in [7, 11) is 0. The van der Waals surface area contributed by atoms with Crippen LogP contribution < -0.4 is 5.63 Å². The number of amides is 1. The summed E-state index contributed by atoms with van der Waals surface area (Å²) >= 11 is 7.62. The number of carbonyl (C=O) groups excluding carboxylic acids is 1. The van der Waals surface area contributed by atoms with Crippen LogP contribution in [0.1, 0.15) is 21.3 Å². The van der Waals surface area contributed by atoms with Gasteiger partial charge in [-0.25, -0.2) is 4.79 Å². The summed E-state index contributed by atoms with van der Waals surface area (Å²) in [5.41, 5.74) is 0.940. The molecule has 1 aliphatic rings. The average Bonchev–Trinajstić information content (AvgIpc) is 3.11. The van der Waals surface area contributed by atoms with Gasteiger partial charge in [0.15, 0.2) is 0 Å². The second-order valence-electron chi connectivity index (χ2n) is 5.76. The molecule has 2 heterocycles. The number of hydrogen-bond donors (Lipinski definition) is 0. The summed E-state index contributed by atoms with van der Waals surface area (Å²) < 4.78 is 5.30. The monoisotopic (exact) mass is 371 g/mol. The highest BCUT2D eigenvalue weighted by molar-refractivity contribution is 7.99. The zero-order valence-corrected chi connectivity index (χ0v) is 14.7. The van der Waals surface area contributed by atoms with Gasteiger partial charge in [-0.3, -0.25) is 4.79 Å². The lowest BCUT2D eigenvalue weighted by atomic mass is 10.1. The van der Waals surface area contributed by atoms with E-state index in [1.165, 1.54) is 0 Å². The summed E-state index contributed by atoms with van der Waals surface area (Å²) in [6, 6.07) is 16.2. The Morgan fingerprint density at radius 2 is 1.92 bits per heavy atom. The Kier molecular flexibility index (Phi) is 4.27. The topological polar surface area (TPSA) is 50.5 Å². The molecule has 3 aromatic rings. The Hall–Kier alpha value is -2.24. The van der Waals surface area contributed by atoms with Crippen LogP contribution in [0.4, 0.5) is 0 Å². The fourth-order valence-corrected chi connectivity index (χ4v) is 4.33. The number of carbonyl (C=O) groups is 1. The number of benzene rings is 2.